The summed E-state index contributed by atoms with van der Waals surface area (Å²) in [6, 6.07) is 12.2. The highest BCUT2D eigenvalue weighted by atomic mass is 16.6. The van der Waals surface area contributed by atoms with Crippen LogP contribution in [0.4, 0.5) is 11.4 Å². The Bertz CT molecular complexity index is 555. The third kappa shape index (κ3) is 3.15. The Morgan fingerprint density at radius 2 is 1.00 bits per heavy atom. The lowest BCUT2D eigenvalue weighted by Gasteiger charge is -2.00. The van der Waals surface area contributed by atoms with Gasteiger partial charge in [0.05, 0.1) is 9.85 Å². The van der Waals surface area contributed by atoms with Crippen molar-refractivity contribution in [3.63, 3.8) is 0 Å². The predicted molar refractivity (Wildman–Crippen MR) is 71.2 cm³/mol. The van der Waals surface area contributed by atoms with Crippen molar-refractivity contribution in [1.82, 2.24) is 0 Å². The summed E-state index contributed by atoms with van der Waals surface area (Å²) >= 11 is 0. The summed E-state index contributed by atoms with van der Waals surface area (Å²) < 4.78 is 0. The minimum absolute atomic E-state index is 0.0286. The van der Waals surface area contributed by atoms with E-state index in [4.69, 9.17) is 0 Å². The molecule has 2 rings (SSSR count). The third-order valence-electron chi connectivity index (χ3n) is 2.54. The van der Waals surface area contributed by atoms with Crippen molar-refractivity contribution in [2.24, 2.45) is 0 Å². The predicted octanol–water partition coefficient (Wildman–Crippen LogP) is 1.16. The average Bonchev–Trinajstić information content (AvgIpc) is 2.40. The fraction of sp³-hybridized carbons (Fsp3) is 0. The van der Waals surface area contributed by atoms with E-state index in [1.165, 1.54) is 24.3 Å². The van der Waals surface area contributed by atoms with Crippen LogP contribution in [0.25, 0.3) is 0 Å². The van der Waals surface area contributed by atoms with Gasteiger partial charge in [0.15, 0.2) is 7.28 Å². The molecule has 19 heavy (non-hydrogen) atoms. The van der Waals surface area contributed by atoms with E-state index in [1.807, 2.05) is 0 Å². The van der Waals surface area contributed by atoms with Gasteiger partial charge in [-0.15, -0.1) is 0 Å². The Morgan fingerprint density at radius 1 is 0.684 bits per heavy atom. The van der Waals surface area contributed by atoms with Gasteiger partial charge in [0, 0.05) is 24.3 Å². The molecule has 7 heteroatoms. The minimum Gasteiger partial charge on any atom is -0.258 e. The highest BCUT2D eigenvalue weighted by Gasteiger charge is 2.07. The van der Waals surface area contributed by atoms with Crippen molar-refractivity contribution in [2.45, 2.75) is 0 Å². The Labute approximate surface area is 109 Å². The van der Waals surface area contributed by atoms with E-state index < -0.39 is 9.85 Å². The summed E-state index contributed by atoms with van der Waals surface area (Å²) in [6.07, 6.45) is 0. The average molecular weight is 255 g/mol. The van der Waals surface area contributed by atoms with E-state index in [0.29, 0.717) is 0 Å². The van der Waals surface area contributed by atoms with Crippen LogP contribution in [0.3, 0.4) is 0 Å². The Balaban J connectivity index is 2.12. The van der Waals surface area contributed by atoms with Gasteiger partial charge in [0.25, 0.3) is 11.4 Å². The van der Waals surface area contributed by atoms with Gasteiger partial charge in [-0.1, -0.05) is 35.2 Å². The van der Waals surface area contributed by atoms with Crippen LogP contribution in [-0.4, -0.2) is 17.1 Å². The summed E-state index contributed by atoms with van der Waals surface area (Å²) in [4.78, 5) is 20.1. The molecule has 2 aromatic carbocycles. The van der Waals surface area contributed by atoms with Crippen LogP contribution in [0.5, 0.6) is 0 Å². The smallest absolute Gasteiger partial charge is 0.258 e. The molecule has 0 saturated carbocycles. The summed E-state index contributed by atoms with van der Waals surface area (Å²) in [5.41, 5.74) is 1.64. The maximum atomic E-state index is 10.5. The van der Waals surface area contributed by atoms with Crippen molar-refractivity contribution in [2.75, 3.05) is 0 Å². The zero-order chi connectivity index (χ0) is 13.8. The first-order chi connectivity index (χ1) is 9.06. The van der Waals surface area contributed by atoms with Gasteiger partial charge in [-0.25, -0.2) is 0 Å². The van der Waals surface area contributed by atoms with Gasteiger partial charge in [-0.3, -0.25) is 20.2 Å². The van der Waals surface area contributed by atoms with E-state index in [0.717, 1.165) is 10.9 Å². The molecule has 0 spiro atoms. The van der Waals surface area contributed by atoms with Gasteiger partial charge < -0.3 is 0 Å². The number of nitrogens with zero attached hydrogens (tertiary/aromatic N) is 2. The molecule has 0 aliphatic carbocycles. The summed E-state index contributed by atoms with van der Waals surface area (Å²) in [5.74, 6) is 0. The molecular formula is C12H8BN2O4. The van der Waals surface area contributed by atoms with Gasteiger partial charge >= 0.3 is 0 Å². The molecule has 0 N–H and O–H groups in total. The number of nitro groups is 2. The van der Waals surface area contributed by atoms with Crippen LogP contribution in [0.2, 0.25) is 0 Å². The molecule has 2 aromatic rings. The molecule has 0 unspecified atom stereocenters. The Morgan fingerprint density at radius 3 is 1.26 bits per heavy atom. The molecule has 0 heterocycles. The fourth-order valence-electron chi connectivity index (χ4n) is 1.58. The largest absolute Gasteiger partial charge is 0.269 e. The molecule has 0 saturated heterocycles. The number of benzene rings is 2. The van der Waals surface area contributed by atoms with Crippen molar-refractivity contribution in [1.29, 1.82) is 0 Å². The molecule has 0 aliphatic rings. The molecule has 0 aromatic heterocycles. The lowest BCUT2D eigenvalue weighted by molar-refractivity contribution is -0.385. The van der Waals surface area contributed by atoms with Crippen molar-refractivity contribution < 1.29 is 9.85 Å². The summed E-state index contributed by atoms with van der Waals surface area (Å²) in [5, 5.41) is 21.0. The Hall–Kier alpha value is -2.70. The summed E-state index contributed by atoms with van der Waals surface area (Å²) in [7, 11) is 1.79. The van der Waals surface area contributed by atoms with E-state index in [1.54, 1.807) is 31.5 Å². The number of rotatable bonds is 4. The number of hydrogen-bond donors (Lipinski definition) is 0. The zero-order valence-corrected chi connectivity index (χ0v) is 9.72. The molecule has 0 aliphatic heterocycles. The topological polar surface area (TPSA) is 86.3 Å². The van der Waals surface area contributed by atoms with Gasteiger partial charge in [-0.2, -0.15) is 0 Å². The highest BCUT2D eigenvalue weighted by Crippen LogP contribution is 2.08. The quantitative estimate of drug-likeness (QED) is 0.466. The van der Waals surface area contributed by atoms with Crippen LogP contribution in [0.1, 0.15) is 0 Å². The lowest BCUT2D eigenvalue weighted by atomic mass is 9.64. The zero-order valence-electron chi connectivity index (χ0n) is 9.72. The SMILES string of the molecule is O=[N+]([O-])c1ccc([B]c2ccc([N+](=O)[O-])cc2)cc1. The van der Waals surface area contributed by atoms with Crippen LogP contribution in [0.15, 0.2) is 48.5 Å². The second-order valence-corrected chi connectivity index (χ2v) is 3.84. The maximum absolute atomic E-state index is 10.5. The second kappa shape index (κ2) is 5.30. The van der Waals surface area contributed by atoms with E-state index in [-0.39, 0.29) is 11.4 Å². The number of hydrogen-bond acceptors (Lipinski definition) is 4. The highest BCUT2D eigenvalue weighted by molar-refractivity contribution is 6.67. The van der Waals surface area contributed by atoms with Gasteiger partial charge in [0.1, 0.15) is 0 Å². The van der Waals surface area contributed by atoms with Crippen molar-refractivity contribution in [3.8, 4) is 0 Å². The number of nitro benzene ring substituents is 2. The summed E-state index contributed by atoms with van der Waals surface area (Å²) in [6.45, 7) is 0. The number of non-ortho nitro benzene ring substituents is 2. The molecule has 0 atom stereocenters. The van der Waals surface area contributed by atoms with Crippen molar-refractivity contribution >= 4 is 29.6 Å². The van der Waals surface area contributed by atoms with Gasteiger partial charge in [0.2, 0.25) is 0 Å². The second-order valence-electron chi connectivity index (χ2n) is 3.84. The molecule has 6 nitrogen and oxygen atoms in total. The first kappa shape index (κ1) is 12.8. The van der Waals surface area contributed by atoms with Crippen molar-refractivity contribution in [3.05, 3.63) is 68.8 Å². The third-order valence-corrected chi connectivity index (χ3v) is 2.54. The van der Waals surface area contributed by atoms with E-state index in [2.05, 4.69) is 0 Å². The molecule has 93 valence electrons. The van der Waals surface area contributed by atoms with Crippen LogP contribution in [-0.2, 0) is 0 Å². The standard InChI is InChI=1S/C12H8BN2O4/c16-14(17)11-5-1-9(2-6-11)13-10-3-7-12(8-4-10)15(18)19/h1-8H. The van der Waals surface area contributed by atoms with Crippen LogP contribution >= 0.6 is 0 Å². The fourth-order valence-corrected chi connectivity index (χ4v) is 1.58. The minimum atomic E-state index is -0.463. The van der Waals surface area contributed by atoms with E-state index in [9.17, 15) is 20.2 Å². The van der Waals surface area contributed by atoms with Crippen LogP contribution in [0, 0.1) is 20.2 Å². The molecule has 0 amide bonds. The first-order valence-electron chi connectivity index (χ1n) is 5.40. The molecular weight excluding hydrogens is 247 g/mol. The molecule has 0 bridgehead atoms. The molecule has 0 fully saturated rings. The van der Waals surface area contributed by atoms with Gasteiger partial charge in [-0.05, 0) is 0 Å². The maximum Gasteiger partial charge on any atom is 0.269 e. The Kier molecular flexibility index (Phi) is 3.56. The van der Waals surface area contributed by atoms with E-state index >= 15 is 0 Å². The normalized spacial score (nSPS) is 9.89. The first-order valence-corrected chi connectivity index (χ1v) is 5.40. The van der Waals surface area contributed by atoms with Crippen LogP contribution < -0.4 is 10.9 Å². The monoisotopic (exact) mass is 255 g/mol. The lowest BCUT2D eigenvalue weighted by Crippen LogP contribution is -2.26. The molecule has 1 radical (unpaired) electrons.